The van der Waals surface area contributed by atoms with Gasteiger partial charge in [-0.1, -0.05) is 60.7 Å². The molecule has 1 saturated heterocycles. The van der Waals surface area contributed by atoms with Crippen molar-refractivity contribution < 1.29 is 14.4 Å². The molecule has 1 aromatic heterocycles. The van der Waals surface area contributed by atoms with Gasteiger partial charge in [0, 0.05) is 31.3 Å². The number of nitrogens with zero attached hydrogens (tertiary/aromatic N) is 2. The number of hydrogen-bond donors (Lipinski definition) is 3. The Morgan fingerprint density at radius 1 is 1.00 bits per heavy atom. The molecule has 2 fully saturated rings. The molecule has 2 aliphatic rings. The normalized spacial score (nSPS) is 18.4. The number of likely N-dealkylation sites (tertiary alicyclic amines) is 1. The smallest absolute Gasteiger partial charge is 0.243 e. The van der Waals surface area contributed by atoms with Crippen molar-refractivity contribution in [2.45, 2.75) is 70.0 Å². The summed E-state index contributed by atoms with van der Waals surface area (Å²) in [6, 6.07) is 18.7. The van der Waals surface area contributed by atoms with E-state index in [9.17, 15) is 14.4 Å². The molecular weight excluding hydrogens is 490 g/mol. The van der Waals surface area contributed by atoms with Crippen LogP contribution in [0, 0.1) is 5.92 Å². The summed E-state index contributed by atoms with van der Waals surface area (Å²) in [6.07, 6.45) is 6.69. The maximum atomic E-state index is 13.5. The molecule has 3 amide bonds. The third kappa shape index (κ3) is 7.13. The van der Waals surface area contributed by atoms with Gasteiger partial charge in [0.2, 0.25) is 17.7 Å². The van der Waals surface area contributed by atoms with Crippen LogP contribution >= 0.6 is 0 Å². The minimum atomic E-state index is -0.943. The summed E-state index contributed by atoms with van der Waals surface area (Å²) >= 11 is 0. The van der Waals surface area contributed by atoms with Crippen molar-refractivity contribution in [2.24, 2.45) is 5.92 Å². The molecule has 8 nitrogen and oxygen atoms in total. The van der Waals surface area contributed by atoms with E-state index in [1.165, 1.54) is 0 Å². The number of imidazole rings is 1. The second kappa shape index (κ2) is 12.3. The van der Waals surface area contributed by atoms with E-state index in [0.717, 1.165) is 42.5 Å². The molecule has 5 rings (SSSR count). The fourth-order valence-electron chi connectivity index (χ4n) is 5.31. The Bertz CT molecular complexity index is 1270. The molecule has 2 aromatic carbocycles. The molecule has 3 atom stereocenters. The summed E-state index contributed by atoms with van der Waals surface area (Å²) in [5, 5.41) is 5.83. The van der Waals surface area contributed by atoms with E-state index in [-0.39, 0.29) is 30.2 Å². The van der Waals surface area contributed by atoms with Gasteiger partial charge in [0.25, 0.3) is 0 Å². The first kappa shape index (κ1) is 26.7. The van der Waals surface area contributed by atoms with Crippen LogP contribution in [0.4, 0.5) is 0 Å². The SMILES string of the molecule is C[C@H](NC(=O)C(CC(=O)N1CCCC1c1ccccc1)NC(=O)CC1CC1)c1ncc(Cc2ccccc2)[nH]1. The lowest BCUT2D eigenvalue weighted by atomic mass is 10.0. The number of benzene rings is 2. The van der Waals surface area contributed by atoms with Gasteiger partial charge in [-0.15, -0.1) is 0 Å². The predicted octanol–water partition coefficient (Wildman–Crippen LogP) is 4.22. The first-order valence-electron chi connectivity index (χ1n) is 14.0. The Balaban J connectivity index is 1.24. The van der Waals surface area contributed by atoms with Crippen LogP contribution in [0.5, 0.6) is 0 Å². The first-order chi connectivity index (χ1) is 19.0. The fraction of sp³-hybridized carbons (Fsp3) is 0.419. The average molecular weight is 528 g/mol. The second-order valence-electron chi connectivity index (χ2n) is 10.8. The molecule has 39 heavy (non-hydrogen) atoms. The van der Waals surface area contributed by atoms with E-state index in [0.29, 0.717) is 31.1 Å². The van der Waals surface area contributed by atoms with Crippen molar-refractivity contribution in [1.29, 1.82) is 0 Å². The number of hydrogen-bond acceptors (Lipinski definition) is 4. The zero-order valence-electron chi connectivity index (χ0n) is 22.4. The topological polar surface area (TPSA) is 107 Å². The molecule has 1 aliphatic heterocycles. The van der Waals surface area contributed by atoms with E-state index in [1.54, 1.807) is 6.20 Å². The summed E-state index contributed by atoms with van der Waals surface area (Å²) in [6.45, 7) is 2.50. The molecule has 0 spiro atoms. The number of carbonyl (C=O) groups is 3. The molecule has 2 unspecified atom stereocenters. The van der Waals surface area contributed by atoms with Crippen molar-refractivity contribution in [3.8, 4) is 0 Å². The number of H-pyrrole nitrogens is 1. The molecule has 1 aliphatic carbocycles. The Hall–Kier alpha value is -3.94. The van der Waals surface area contributed by atoms with Gasteiger partial charge in [-0.05, 0) is 49.7 Å². The van der Waals surface area contributed by atoms with E-state index in [1.807, 2.05) is 60.4 Å². The molecular formula is C31H37N5O3. The van der Waals surface area contributed by atoms with Crippen LogP contribution in [0.3, 0.4) is 0 Å². The zero-order chi connectivity index (χ0) is 27.2. The molecule has 2 heterocycles. The Kier molecular flexibility index (Phi) is 8.39. The highest BCUT2D eigenvalue weighted by Gasteiger charge is 2.34. The van der Waals surface area contributed by atoms with E-state index >= 15 is 0 Å². The Morgan fingerprint density at radius 2 is 1.72 bits per heavy atom. The monoisotopic (exact) mass is 527 g/mol. The van der Waals surface area contributed by atoms with Crippen LogP contribution in [-0.2, 0) is 20.8 Å². The first-order valence-corrected chi connectivity index (χ1v) is 14.0. The van der Waals surface area contributed by atoms with E-state index in [2.05, 4.69) is 32.7 Å². The quantitative estimate of drug-likeness (QED) is 0.347. The minimum Gasteiger partial charge on any atom is -0.345 e. The molecule has 0 bridgehead atoms. The van der Waals surface area contributed by atoms with Gasteiger partial charge in [0.05, 0.1) is 18.5 Å². The summed E-state index contributed by atoms with van der Waals surface area (Å²) in [7, 11) is 0. The third-order valence-corrected chi connectivity index (χ3v) is 7.61. The van der Waals surface area contributed by atoms with Crippen LogP contribution in [0.15, 0.2) is 66.9 Å². The number of amides is 3. The number of aromatic nitrogens is 2. The molecule has 8 heteroatoms. The summed E-state index contributed by atoms with van der Waals surface area (Å²) in [5.41, 5.74) is 3.21. The zero-order valence-corrected chi connectivity index (χ0v) is 22.4. The number of rotatable bonds is 11. The highest BCUT2D eigenvalue weighted by Crippen LogP contribution is 2.33. The fourth-order valence-corrected chi connectivity index (χ4v) is 5.31. The van der Waals surface area contributed by atoms with Gasteiger partial charge in [-0.3, -0.25) is 14.4 Å². The standard InChI is InChI=1S/C31H37N5O3/c1-21(30-32-20-25(34-30)17-22-9-4-2-5-10-22)33-31(39)26(35-28(37)18-23-14-15-23)19-29(38)36-16-8-13-27(36)24-11-6-3-7-12-24/h2-7,9-12,20-21,23,26-27H,8,13-19H2,1H3,(H,32,34)(H,33,39)(H,35,37)/t21-,26?,27?/m0/s1. The van der Waals surface area contributed by atoms with Gasteiger partial charge >= 0.3 is 0 Å². The van der Waals surface area contributed by atoms with Gasteiger partial charge < -0.3 is 20.5 Å². The largest absolute Gasteiger partial charge is 0.345 e. The van der Waals surface area contributed by atoms with Gasteiger partial charge in [0.1, 0.15) is 11.9 Å². The average Bonchev–Trinajstić information content (AvgIpc) is 3.40. The molecule has 3 aromatic rings. The van der Waals surface area contributed by atoms with E-state index in [4.69, 9.17) is 0 Å². The lowest BCUT2D eigenvalue weighted by Crippen LogP contribution is -2.50. The van der Waals surface area contributed by atoms with Crippen molar-refractivity contribution in [3.63, 3.8) is 0 Å². The van der Waals surface area contributed by atoms with Crippen LogP contribution in [0.2, 0.25) is 0 Å². The van der Waals surface area contributed by atoms with Crippen LogP contribution in [0.25, 0.3) is 0 Å². The predicted molar refractivity (Wildman–Crippen MR) is 148 cm³/mol. The maximum absolute atomic E-state index is 13.5. The summed E-state index contributed by atoms with van der Waals surface area (Å²) < 4.78 is 0. The van der Waals surface area contributed by atoms with Crippen molar-refractivity contribution in [1.82, 2.24) is 25.5 Å². The minimum absolute atomic E-state index is 0.00495. The molecule has 1 saturated carbocycles. The van der Waals surface area contributed by atoms with Crippen molar-refractivity contribution >= 4 is 17.7 Å². The third-order valence-electron chi connectivity index (χ3n) is 7.61. The summed E-state index contributed by atoms with van der Waals surface area (Å²) in [5.74, 6) is 0.339. The molecule has 0 radical (unpaired) electrons. The Morgan fingerprint density at radius 3 is 2.44 bits per heavy atom. The number of carbonyl (C=O) groups excluding carboxylic acids is 3. The maximum Gasteiger partial charge on any atom is 0.243 e. The lowest BCUT2D eigenvalue weighted by molar-refractivity contribution is -0.137. The highest BCUT2D eigenvalue weighted by molar-refractivity contribution is 5.92. The van der Waals surface area contributed by atoms with Gasteiger partial charge in [-0.25, -0.2) is 4.98 Å². The van der Waals surface area contributed by atoms with E-state index < -0.39 is 12.1 Å². The number of nitrogens with one attached hydrogen (secondary N) is 3. The number of aromatic amines is 1. The van der Waals surface area contributed by atoms with Crippen molar-refractivity contribution in [2.75, 3.05) is 6.54 Å². The van der Waals surface area contributed by atoms with Crippen LogP contribution in [-0.4, -0.2) is 45.2 Å². The van der Waals surface area contributed by atoms with Crippen molar-refractivity contribution in [3.05, 3.63) is 89.5 Å². The second-order valence-corrected chi connectivity index (χ2v) is 10.8. The van der Waals surface area contributed by atoms with Crippen LogP contribution < -0.4 is 10.6 Å². The van der Waals surface area contributed by atoms with Gasteiger partial charge in [-0.2, -0.15) is 0 Å². The highest BCUT2D eigenvalue weighted by atomic mass is 16.2. The Labute approximate surface area is 229 Å². The van der Waals surface area contributed by atoms with Gasteiger partial charge in [0.15, 0.2) is 0 Å². The molecule has 3 N–H and O–H groups in total. The summed E-state index contributed by atoms with van der Waals surface area (Å²) in [4.78, 5) is 49.2. The molecule has 204 valence electrons. The lowest BCUT2D eigenvalue weighted by Gasteiger charge is -2.27. The van der Waals surface area contributed by atoms with Crippen LogP contribution in [0.1, 0.15) is 80.2 Å².